The van der Waals surface area contributed by atoms with Crippen LogP contribution in [0.2, 0.25) is 0 Å². The van der Waals surface area contributed by atoms with Crippen molar-refractivity contribution in [3.63, 3.8) is 0 Å². The maximum Gasteiger partial charge on any atom is 0.276 e. The molecule has 0 radical (unpaired) electrons. The van der Waals surface area contributed by atoms with E-state index in [4.69, 9.17) is 11.6 Å². The van der Waals surface area contributed by atoms with Crippen molar-refractivity contribution >= 4 is 23.2 Å². The van der Waals surface area contributed by atoms with Gasteiger partial charge >= 0.3 is 0 Å². The van der Waals surface area contributed by atoms with Gasteiger partial charge in [-0.25, -0.2) is 10.8 Å². The molecule has 0 aliphatic carbocycles. The zero-order valence-corrected chi connectivity index (χ0v) is 10.1. The summed E-state index contributed by atoms with van der Waals surface area (Å²) in [6.45, 7) is 0.575. The molecule has 1 saturated heterocycles. The second kappa shape index (κ2) is 5.06. The topological polar surface area (TPSA) is 140 Å². The van der Waals surface area contributed by atoms with Crippen molar-refractivity contribution < 1.29 is 9.72 Å². The molecule has 0 bridgehead atoms. The highest BCUT2D eigenvalue weighted by molar-refractivity contribution is 5.84. The minimum atomic E-state index is -0.540. The highest BCUT2D eigenvalue weighted by Crippen LogP contribution is 2.28. The lowest BCUT2D eigenvalue weighted by molar-refractivity contribution is -0.384. The highest BCUT2D eigenvalue weighted by Gasteiger charge is 2.31. The first kappa shape index (κ1) is 13.0. The number of nitrogens with zero attached hydrogens (tertiary/aromatic N) is 3. The summed E-state index contributed by atoms with van der Waals surface area (Å²) in [4.78, 5) is 27.4. The Morgan fingerprint density at radius 3 is 2.89 bits per heavy atom. The van der Waals surface area contributed by atoms with Crippen molar-refractivity contribution in [2.24, 2.45) is 11.6 Å². The zero-order chi connectivity index (χ0) is 14.0. The molecule has 9 nitrogen and oxygen atoms in total. The average molecular weight is 266 g/mol. The number of rotatable bonds is 4. The molecule has 5 N–H and O–H groups in total. The molecule has 102 valence electrons. The summed E-state index contributed by atoms with van der Waals surface area (Å²) >= 11 is 0. The van der Waals surface area contributed by atoms with Crippen molar-refractivity contribution in [2.75, 3.05) is 16.9 Å². The van der Waals surface area contributed by atoms with E-state index in [1.54, 1.807) is 4.90 Å². The van der Waals surface area contributed by atoms with Crippen LogP contribution < -0.4 is 21.9 Å². The fourth-order valence-electron chi connectivity index (χ4n) is 2.17. The molecule has 9 heteroatoms. The summed E-state index contributed by atoms with van der Waals surface area (Å²) in [5, 5.41) is 10.9. The van der Waals surface area contributed by atoms with Crippen molar-refractivity contribution in [1.29, 1.82) is 0 Å². The molecule has 0 spiro atoms. The van der Waals surface area contributed by atoms with Crippen molar-refractivity contribution in [3.8, 4) is 0 Å². The molecule has 2 rings (SSSR count). The monoisotopic (exact) mass is 266 g/mol. The third kappa shape index (κ3) is 2.55. The number of anilines is 2. The molecule has 1 aliphatic rings. The fraction of sp³-hybridized carbons (Fsp3) is 0.400. The van der Waals surface area contributed by atoms with Crippen molar-refractivity contribution in [3.05, 3.63) is 22.2 Å². The van der Waals surface area contributed by atoms with Crippen LogP contribution in [0.3, 0.4) is 0 Å². The molecule has 1 amide bonds. The number of primary amides is 1. The first-order chi connectivity index (χ1) is 9.02. The van der Waals surface area contributed by atoms with E-state index in [1.165, 1.54) is 12.1 Å². The van der Waals surface area contributed by atoms with E-state index < -0.39 is 16.9 Å². The molecular weight excluding hydrogens is 252 g/mol. The van der Waals surface area contributed by atoms with Gasteiger partial charge in [-0.15, -0.1) is 0 Å². The first-order valence-electron chi connectivity index (χ1n) is 5.72. The Morgan fingerprint density at radius 2 is 2.32 bits per heavy atom. The number of carbonyl (C=O) groups excluding carboxylic acids is 1. The largest absolute Gasteiger partial charge is 0.368 e. The third-order valence-corrected chi connectivity index (χ3v) is 3.03. The van der Waals surface area contributed by atoms with Gasteiger partial charge in [0.2, 0.25) is 5.91 Å². The number of nitrogens with two attached hydrogens (primary N) is 2. The van der Waals surface area contributed by atoms with Crippen molar-refractivity contribution in [1.82, 2.24) is 4.98 Å². The zero-order valence-electron chi connectivity index (χ0n) is 10.1. The molecule has 1 atom stereocenters. The second-order valence-electron chi connectivity index (χ2n) is 4.22. The first-order valence-corrected chi connectivity index (χ1v) is 5.72. The number of hydrazine groups is 1. The van der Waals surface area contributed by atoms with Gasteiger partial charge in [0.05, 0.1) is 17.1 Å². The number of nitrogens with one attached hydrogen (secondary N) is 1. The Hall–Kier alpha value is -2.42. The average Bonchev–Trinajstić information content (AvgIpc) is 2.87. The van der Waals surface area contributed by atoms with Crippen LogP contribution in [0.1, 0.15) is 12.8 Å². The summed E-state index contributed by atoms with van der Waals surface area (Å²) in [6.07, 6.45) is 1.40. The van der Waals surface area contributed by atoms with Gasteiger partial charge in [0.15, 0.2) is 0 Å². The smallest absolute Gasteiger partial charge is 0.276 e. The van der Waals surface area contributed by atoms with Gasteiger partial charge in [-0.3, -0.25) is 14.9 Å². The number of amides is 1. The van der Waals surface area contributed by atoms with E-state index in [9.17, 15) is 14.9 Å². The molecule has 2 heterocycles. The van der Waals surface area contributed by atoms with Gasteiger partial charge in [-0.1, -0.05) is 0 Å². The minimum Gasteiger partial charge on any atom is -0.368 e. The van der Waals surface area contributed by atoms with E-state index in [2.05, 4.69) is 10.4 Å². The second-order valence-corrected chi connectivity index (χ2v) is 4.22. The lowest BCUT2D eigenvalue weighted by Crippen LogP contribution is -2.40. The summed E-state index contributed by atoms with van der Waals surface area (Å²) in [5.41, 5.74) is 7.44. The molecule has 1 fully saturated rings. The van der Waals surface area contributed by atoms with E-state index in [1.807, 2.05) is 0 Å². The predicted octanol–water partition coefficient (Wildman–Crippen LogP) is -0.270. The van der Waals surface area contributed by atoms with Gasteiger partial charge in [-0.2, -0.15) is 0 Å². The van der Waals surface area contributed by atoms with Gasteiger partial charge in [-0.05, 0) is 12.8 Å². The van der Waals surface area contributed by atoms with Crippen LogP contribution in [0.25, 0.3) is 0 Å². The van der Waals surface area contributed by atoms with Crippen LogP contribution in [0.15, 0.2) is 12.1 Å². The lowest BCUT2D eigenvalue weighted by Gasteiger charge is -2.23. The normalized spacial score (nSPS) is 18.4. The van der Waals surface area contributed by atoms with Gasteiger partial charge in [0, 0.05) is 6.54 Å². The predicted molar refractivity (Wildman–Crippen MR) is 68.3 cm³/mol. The molecule has 0 saturated carbocycles. The Morgan fingerprint density at radius 1 is 1.58 bits per heavy atom. The minimum absolute atomic E-state index is 0.145. The van der Waals surface area contributed by atoms with E-state index in [-0.39, 0.29) is 11.5 Å². The summed E-state index contributed by atoms with van der Waals surface area (Å²) in [5.74, 6) is 5.26. The van der Waals surface area contributed by atoms with E-state index in [0.29, 0.717) is 18.8 Å². The Kier molecular flexibility index (Phi) is 3.47. The highest BCUT2D eigenvalue weighted by atomic mass is 16.6. The molecule has 19 heavy (non-hydrogen) atoms. The maximum absolute atomic E-state index is 11.3. The number of hydrogen-bond acceptors (Lipinski definition) is 7. The SMILES string of the molecule is NNc1cc([N+](=O)[O-])cc(N2CCCC2C(N)=O)n1. The van der Waals surface area contributed by atoms with Gasteiger partial charge in [0.25, 0.3) is 5.69 Å². The number of aromatic nitrogens is 1. The Balaban J connectivity index is 2.40. The third-order valence-electron chi connectivity index (χ3n) is 3.03. The number of hydrogen-bond donors (Lipinski definition) is 3. The Labute approximate surface area is 108 Å². The standard InChI is InChI=1S/C10H14N6O3/c11-10(17)7-2-1-3-15(7)9-5-6(16(18)19)4-8(13-9)14-12/h4-5,7H,1-3,12H2,(H2,11,17)(H,13,14). The molecule has 1 aliphatic heterocycles. The van der Waals surface area contributed by atoms with Crippen LogP contribution in [0.5, 0.6) is 0 Å². The molecule has 1 aromatic rings. The van der Waals surface area contributed by atoms with Crippen LogP contribution in [0, 0.1) is 10.1 Å². The maximum atomic E-state index is 11.3. The quantitative estimate of drug-likeness (QED) is 0.387. The van der Waals surface area contributed by atoms with E-state index in [0.717, 1.165) is 6.42 Å². The summed E-state index contributed by atoms with van der Waals surface area (Å²) in [6, 6.07) is 2.04. The number of carbonyl (C=O) groups is 1. The van der Waals surface area contributed by atoms with E-state index >= 15 is 0 Å². The number of nitro groups is 1. The molecule has 1 aromatic heterocycles. The van der Waals surface area contributed by atoms with Gasteiger partial charge < -0.3 is 16.1 Å². The van der Waals surface area contributed by atoms with Gasteiger partial charge in [0.1, 0.15) is 17.7 Å². The summed E-state index contributed by atoms with van der Waals surface area (Å²) < 4.78 is 0. The molecular formula is C10H14N6O3. The van der Waals surface area contributed by atoms with Crippen LogP contribution in [0.4, 0.5) is 17.3 Å². The number of pyridine rings is 1. The number of nitrogen functional groups attached to an aromatic ring is 1. The van der Waals surface area contributed by atoms with Crippen LogP contribution >= 0.6 is 0 Å². The molecule has 0 aromatic carbocycles. The fourth-order valence-corrected chi connectivity index (χ4v) is 2.17. The lowest BCUT2D eigenvalue weighted by atomic mass is 10.2. The van der Waals surface area contributed by atoms with Crippen LogP contribution in [-0.2, 0) is 4.79 Å². The Bertz CT molecular complexity index is 520. The van der Waals surface area contributed by atoms with Crippen LogP contribution in [-0.4, -0.2) is 28.4 Å². The van der Waals surface area contributed by atoms with Crippen molar-refractivity contribution in [2.45, 2.75) is 18.9 Å². The summed E-state index contributed by atoms with van der Waals surface area (Å²) in [7, 11) is 0. The molecule has 1 unspecified atom stereocenters.